The third-order valence-electron chi connectivity index (χ3n) is 2.49. The lowest BCUT2D eigenvalue weighted by atomic mass is 10.2. The maximum atomic E-state index is 11.9. The maximum absolute atomic E-state index is 11.9. The van der Waals surface area contributed by atoms with Crippen LogP contribution in [-0.2, 0) is 14.3 Å². The summed E-state index contributed by atoms with van der Waals surface area (Å²) in [5, 5.41) is 0. The molecule has 17 heavy (non-hydrogen) atoms. The van der Waals surface area contributed by atoms with E-state index in [1.165, 1.54) is 12.0 Å². The second kappa shape index (κ2) is 4.91. The Kier molecular flexibility index (Phi) is 3.98. The number of methoxy groups -OCH3 is 1. The molecule has 1 aliphatic rings. The maximum Gasteiger partial charge on any atom is 0.411 e. The third-order valence-corrected chi connectivity index (χ3v) is 2.49. The minimum Gasteiger partial charge on any atom is -0.467 e. The van der Waals surface area contributed by atoms with Gasteiger partial charge in [-0.3, -0.25) is 4.90 Å². The van der Waals surface area contributed by atoms with Crippen LogP contribution >= 0.6 is 0 Å². The summed E-state index contributed by atoms with van der Waals surface area (Å²) in [6, 6.07) is -0.538. The highest BCUT2D eigenvalue weighted by molar-refractivity contribution is 5.82. The molecule has 6 heteroatoms. The van der Waals surface area contributed by atoms with Crippen molar-refractivity contribution in [2.45, 2.75) is 44.9 Å². The molecule has 0 radical (unpaired) electrons. The van der Waals surface area contributed by atoms with E-state index in [9.17, 15) is 9.59 Å². The van der Waals surface area contributed by atoms with Crippen LogP contribution in [0.3, 0.4) is 0 Å². The third kappa shape index (κ3) is 3.59. The molecule has 3 N–H and O–H groups in total. The van der Waals surface area contributed by atoms with E-state index in [4.69, 9.17) is 4.74 Å². The number of carbonyl (C=O) groups is 2. The Hall–Kier alpha value is -1.30. The van der Waals surface area contributed by atoms with E-state index < -0.39 is 23.7 Å². The first-order valence-corrected chi connectivity index (χ1v) is 5.65. The number of ether oxygens (including phenoxy) is 2. The summed E-state index contributed by atoms with van der Waals surface area (Å²) in [5.74, 6) is -0.415. The molecule has 98 valence electrons. The fourth-order valence-electron chi connectivity index (χ4n) is 1.80. The number of quaternary nitrogens is 1. The van der Waals surface area contributed by atoms with Crippen molar-refractivity contribution in [3.05, 3.63) is 0 Å². The summed E-state index contributed by atoms with van der Waals surface area (Å²) in [5.41, 5.74) is 3.30. The number of likely N-dealkylation sites (tertiary alicyclic amines) is 1. The number of nitrogens with zero attached hydrogens (tertiary/aromatic N) is 1. The predicted molar refractivity (Wildman–Crippen MR) is 60.0 cm³/mol. The van der Waals surface area contributed by atoms with E-state index in [2.05, 4.69) is 10.5 Å². The number of hydrogen-bond acceptors (Lipinski definition) is 4. The molecule has 0 spiro atoms. The molecular weight excluding hydrogens is 224 g/mol. The molecule has 1 rings (SSSR count). The fourth-order valence-corrected chi connectivity index (χ4v) is 1.80. The molecule has 0 bridgehead atoms. The van der Waals surface area contributed by atoms with Crippen LogP contribution in [0.1, 0.15) is 27.2 Å². The van der Waals surface area contributed by atoms with E-state index in [0.717, 1.165) is 0 Å². The van der Waals surface area contributed by atoms with Gasteiger partial charge in [-0.25, -0.2) is 9.59 Å². The molecule has 0 aromatic carbocycles. The summed E-state index contributed by atoms with van der Waals surface area (Å²) in [4.78, 5) is 24.8. The van der Waals surface area contributed by atoms with Crippen molar-refractivity contribution in [2.75, 3.05) is 13.7 Å². The minimum absolute atomic E-state index is 0.0339. The van der Waals surface area contributed by atoms with E-state index in [1.807, 2.05) is 0 Å². The van der Waals surface area contributed by atoms with Crippen LogP contribution in [-0.4, -0.2) is 48.3 Å². The number of carbonyl (C=O) groups excluding carboxylic acids is 2. The quantitative estimate of drug-likeness (QED) is 0.647. The first-order chi connectivity index (χ1) is 7.74. The Morgan fingerprint density at radius 1 is 1.35 bits per heavy atom. The number of esters is 1. The van der Waals surface area contributed by atoms with Gasteiger partial charge in [-0.05, 0) is 20.8 Å². The van der Waals surface area contributed by atoms with Gasteiger partial charge in [-0.2, -0.15) is 0 Å². The summed E-state index contributed by atoms with van der Waals surface area (Å²) in [6.45, 7) is 5.79. The molecule has 1 saturated heterocycles. The van der Waals surface area contributed by atoms with Crippen LogP contribution in [0.15, 0.2) is 0 Å². The van der Waals surface area contributed by atoms with Crippen molar-refractivity contribution >= 4 is 12.1 Å². The molecule has 1 heterocycles. The zero-order valence-corrected chi connectivity index (χ0v) is 10.9. The lowest BCUT2D eigenvalue weighted by Crippen LogP contribution is -2.62. The molecule has 0 aliphatic carbocycles. The lowest BCUT2D eigenvalue weighted by molar-refractivity contribution is -0.414. The van der Waals surface area contributed by atoms with Gasteiger partial charge in [-0.1, -0.05) is 0 Å². The van der Waals surface area contributed by atoms with E-state index in [1.54, 1.807) is 20.8 Å². The normalized spacial score (nSPS) is 24.6. The molecule has 2 atom stereocenters. The number of amides is 1. The summed E-state index contributed by atoms with van der Waals surface area (Å²) < 4.78 is 9.92. The molecule has 0 aromatic rings. The smallest absolute Gasteiger partial charge is 0.411 e. The highest BCUT2D eigenvalue weighted by atomic mass is 16.6. The highest BCUT2D eigenvalue weighted by Gasteiger charge is 2.42. The first-order valence-electron chi connectivity index (χ1n) is 5.65. The standard InChI is InChI=1S/C11H20N2O4/c1-11(2,3)17-10(15)13-6-7(12)5-8(13)9(14)16-4/h7-8H,5-6,12H2,1-4H3/p+1/t7-,8+/m0/s1. The van der Waals surface area contributed by atoms with Crippen molar-refractivity contribution in [3.8, 4) is 0 Å². The topological polar surface area (TPSA) is 83.5 Å². The molecule has 0 saturated carbocycles. The Morgan fingerprint density at radius 3 is 2.41 bits per heavy atom. The largest absolute Gasteiger partial charge is 0.467 e. The summed E-state index contributed by atoms with van der Waals surface area (Å²) in [6.07, 6.45) is 0.0328. The van der Waals surface area contributed by atoms with Gasteiger partial charge in [0.2, 0.25) is 0 Å². The average Bonchev–Trinajstić information content (AvgIpc) is 2.56. The van der Waals surface area contributed by atoms with Crippen LogP contribution < -0.4 is 5.73 Å². The van der Waals surface area contributed by atoms with Gasteiger partial charge >= 0.3 is 12.1 Å². The second-order valence-electron chi connectivity index (χ2n) is 5.27. The Labute approximate surface area is 101 Å². The highest BCUT2D eigenvalue weighted by Crippen LogP contribution is 2.20. The van der Waals surface area contributed by atoms with Crippen LogP contribution in [0.5, 0.6) is 0 Å². The van der Waals surface area contributed by atoms with Crippen molar-refractivity contribution < 1.29 is 24.8 Å². The average molecular weight is 245 g/mol. The van der Waals surface area contributed by atoms with Crippen LogP contribution in [0.4, 0.5) is 4.79 Å². The van der Waals surface area contributed by atoms with Crippen molar-refractivity contribution in [2.24, 2.45) is 0 Å². The minimum atomic E-state index is -0.572. The molecule has 1 amide bonds. The van der Waals surface area contributed by atoms with E-state index >= 15 is 0 Å². The fraction of sp³-hybridized carbons (Fsp3) is 0.818. The summed E-state index contributed by atoms with van der Waals surface area (Å²) >= 11 is 0. The van der Waals surface area contributed by atoms with Gasteiger partial charge in [0.1, 0.15) is 17.7 Å². The van der Waals surface area contributed by atoms with Crippen molar-refractivity contribution in [1.29, 1.82) is 0 Å². The molecule has 0 unspecified atom stereocenters. The Bertz CT molecular complexity index is 311. The van der Waals surface area contributed by atoms with Gasteiger partial charge in [0.05, 0.1) is 13.7 Å². The molecule has 6 nitrogen and oxygen atoms in total. The first kappa shape index (κ1) is 13.8. The number of rotatable bonds is 1. The zero-order valence-electron chi connectivity index (χ0n) is 10.9. The zero-order chi connectivity index (χ0) is 13.2. The Morgan fingerprint density at radius 2 is 1.94 bits per heavy atom. The van der Waals surface area contributed by atoms with Crippen molar-refractivity contribution in [1.82, 2.24) is 4.90 Å². The van der Waals surface area contributed by atoms with E-state index in [-0.39, 0.29) is 6.04 Å². The predicted octanol–water partition coefficient (Wildman–Crippen LogP) is -0.221. The van der Waals surface area contributed by atoms with E-state index in [0.29, 0.717) is 13.0 Å². The SMILES string of the molecule is COC(=O)[C@H]1C[C@H]([NH3+])CN1C(=O)OC(C)(C)C. The van der Waals surface area contributed by atoms with Gasteiger partial charge < -0.3 is 15.2 Å². The molecular formula is C11H21N2O4+. The second-order valence-corrected chi connectivity index (χ2v) is 5.27. The summed E-state index contributed by atoms with van der Waals surface area (Å²) in [7, 11) is 1.31. The van der Waals surface area contributed by atoms with Crippen LogP contribution in [0, 0.1) is 0 Å². The molecule has 0 aromatic heterocycles. The van der Waals surface area contributed by atoms with Crippen LogP contribution in [0.25, 0.3) is 0 Å². The van der Waals surface area contributed by atoms with Crippen LogP contribution in [0.2, 0.25) is 0 Å². The molecule has 1 aliphatic heterocycles. The molecule has 1 fully saturated rings. The Balaban J connectivity index is 2.73. The monoisotopic (exact) mass is 245 g/mol. The van der Waals surface area contributed by atoms with Gasteiger partial charge in [0.25, 0.3) is 0 Å². The number of hydrogen-bond donors (Lipinski definition) is 1. The van der Waals surface area contributed by atoms with Gasteiger partial charge in [0.15, 0.2) is 0 Å². The van der Waals surface area contributed by atoms with Gasteiger partial charge in [-0.15, -0.1) is 0 Å². The lowest BCUT2D eigenvalue weighted by Gasteiger charge is -2.26. The van der Waals surface area contributed by atoms with Gasteiger partial charge in [0, 0.05) is 6.42 Å². The van der Waals surface area contributed by atoms with Crippen molar-refractivity contribution in [3.63, 3.8) is 0 Å².